The van der Waals surface area contributed by atoms with E-state index in [1.807, 2.05) is 30.3 Å². The number of nitrogens with zero attached hydrogens (tertiary/aromatic N) is 2. The van der Waals surface area contributed by atoms with E-state index in [0.717, 1.165) is 5.56 Å². The van der Waals surface area contributed by atoms with Crippen LogP contribution in [0.1, 0.15) is 24.8 Å². The number of amidine groups is 1. The summed E-state index contributed by atoms with van der Waals surface area (Å²) in [6.45, 7) is 2.87. The highest BCUT2D eigenvalue weighted by Crippen LogP contribution is 2.38. The van der Waals surface area contributed by atoms with Crippen molar-refractivity contribution in [1.29, 1.82) is 0 Å². The lowest BCUT2D eigenvalue weighted by atomic mass is 10.2. The van der Waals surface area contributed by atoms with Crippen LogP contribution in [0, 0.1) is 0 Å². The number of hydrazone groups is 1. The van der Waals surface area contributed by atoms with Gasteiger partial charge in [-0.1, -0.05) is 42.1 Å². The lowest BCUT2D eigenvalue weighted by Crippen LogP contribution is -2.25. The first-order valence-corrected chi connectivity index (χ1v) is 6.33. The van der Waals surface area contributed by atoms with Crippen LogP contribution in [0.3, 0.4) is 0 Å². The lowest BCUT2D eigenvalue weighted by molar-refractivity contribution is -0.129. The topological polar surface area (TPSA) is 61.8 Å². The van der Waals surface area contributed by atoms with E-state index in [9.17, 15) is 9.59 Å². The normalized spacial score (nSPS) is 18.4. The fourth-order valence-corrected chi connectivity index (χ4v) is 2.73. The summed E-state index contributed by atoms with van der Waals surface area (Å²) in [6.07, 6.45) is 0. The van der Waals surface area contributed by atoms with Crippen molar-refractivity contribution in [3.05, 3.63) is 35.9 Å². The second kappa shape index (κ2) is 5.22. The highest BCUT2D eigenvalue weighted by Gasteiger charge is 2.31. The quantitative estimate of drug-likeness (QED) is 0.838. The summed E-state index contributed by atoms with van der Waals surface area (Å²) >= 11 is 1.35. The average molecular weight is 263 g/mol. The molecule has 0 saturated heterocycles. The predicted octanol–water partition coefficient (Wildman–Crippen LogP) is 1.69. The summed E-state index contributed by atoms with van der Waals surface area (Å²) in [5.41, 5.74) is 0.974. The number of hydrogen-bond acceptors (Lipinski definition) is 4. The third kappa shape index (κ3) is 2.70. The number of rotatable bonds is 1. The molecular weight excluding hydrogens is 250 g/mol. The van der Waals surface area contributed by atoms with Gasteiger partial charge in [-0.2, -0.15) is 0 Å². The minimum absolute atomic E-state index is 0.156. The highest BCUT2D eigenvalue weighted by atomic mass is 32.2. The lowest BCUT2D eigenvalue weighted by Gasteiger charge is -2.18. The monoisotopic (exact) mass is 263 g/mol. The molecule has 94 valence electrons. The van der Waals surface area contributed by atoms with Crippen LogP contribution in [-0.4, -0.2) is 22.0 Å². The average Bonchev–Trinajstić information content (AvgIpc) is 2.73. The van der Waals surface area contributed by atoms with Crippen molar-refractivity contribution in [1.82, 2.24) is 10.3 Å². The molecule has 1 N–H and O–H groups in total. The SMILES string of the molecule is CC(=O)NC1=NN(C(C)=O)[C@H](c2ccccc2)S1. The fourth-order valence-electron chi connectivity index (χ4n) is 1.60. The van der Waals surface area contributed by atoms with Crippen LogP contribution in [0.2, 0.25) is 0 Å². The van der Waals surface area contributed by atoms with Gasteiger partial charge in [0.15, 0.2) is 5.17 Å². The van der Waals surface area contributed by atoms with Crippen molar-refractivity contribution in [3.8, 4) is 0 Å². The number of amides is 2. The van der Waals surface area contributed by atoms with Crippen LogP contribution in [0.5, 0.6) is 0 Å². The predicted molar refractivity (Wildman–Crippen MR) is 70.5 cm³/mol. The van der Waals surface area contributed by atoms with Gasteiger partial charge >= 0.3 is 0 Å². The number of nitrogens with one attached hydrogen (secondary N) is 1. The van der Waals surface area contributed by atoms with Crippen LogP contribution in [-0.2, 0) is 9.59 Å². The molecule has 0 fully saturated rings. The molecule has 6 heteroatoms. The molecule has 18 heavy (non-hydrogen) atoms. The molecule has 0 bridgehead atoms. The van der Waals surface area contributed by atoms with Crippen LogP contribution in [0.4, 0.5) is 0 Å². The first kappa shape index (κ1) is 12.6. The maximum Gasteiger partial charge on any atom is 0.241 e. The van der Waals surface area contributed by atoms with Crippen molar-refractivity contribution >= 4 is 28.7 Å². The van der Waals surface area contributed by atoms with Crippen molar-refractivity contribution in [3.63, 3.8) is 0 Å². The maximum atomic E-state index is 11.6. The fraction of sp³-hybridized carbons (Fsp3) is 0.250. The standard InChI is InChI=1S/C12H13N3O2S/c1-8(16)13-12-14-15(9(2)17)11(18-12)10-6-4-3-5-7-10/h3-7,11H,1-2H3,(H,13,14,16)/t11-/m0/s1. The Labute approximate surface area is 109 Å². The van der Waals surface area contributed by atoms with Crippen LogP contribution in [0.15, 0.2) is 35.4 Å². The Hall–Kier alpha value is -1.82. The second-order valence-corrected chi connectivity index (χ2v) is 4.90. The molecule has 1 aliphatic heterocycles. The largest absolute Gasteiger partial charge is 0.304 e. The zero-order chi connectivity index (χ0) is 13.1. The van der Waals surface area contributed by atoms with E-state index >= 15 is 0 Å². The Kier molecular flexibility index (Phi) is 3.66. The Balaban J connectivity index is 2.23. The van der Waals surface area contributed by atoms with Crippen molar-refractivity contribution in [2.45, 2.75) is 19.2 Å². The summed E-state index contributed by atoms with van der Waals surface area (Å²) in [4.78, 5) is 22.6. The van der Waals surface area contributed by atoms with Crippen LogP contribution >= 0.6 is 11.8 Å². The van der Waals surface area contributed by atoms with Gasteiger partial charge in [0.05, 0.1) is 0 Å². The second-order valence-electron chi connectivity index (χ2n) is 3.83. The molecule has 1 atom stereocenters. The molecular formula is C12H13N3O2S. The molecule has 1 aliphatic rings. The first-order chi connectivity index (χ1) is 8.58. The van der Waals surface area contributed by atoms with E-state index in [1.165, 1.54) is 30.6 Å². The van der Waals surface area contributed by atoms with E-state index in [2.05, 4.69) is 10.4 Å². The molecule has 0 unspecified atom stereocenters. The molecule has 1 heterocycles. The van der Waals surface area contributed by atoms with Gasteiger partial charge in [-0.15, -0.1) is 5.10 Å². The Morgan fingerprint density at radius 3 is 2.50 bits per heavy atom. The Morgan fingerprint density at radius 2 is 1.94 bits per heavy atom. The zero-order valence-electron chi connectivity index (χ0n) is 10.1. The molecule has 0 spiro atoms. The Morgan fingerprint density at radius 1 is 1.28 bits per heavy atom. The van der Waals surface area contributed by atoms with Gasteiger partial charge < -0.3 is 5.32 Å². The van der Waals surface area contributed by atoms with Gasteiger partial charge in [0.1, 0.15) is 5.37 Å². The number of hydrogen-bond donors (Lipinski definition) is 1. The zero-order valence-corrected chi connectivity index (χ0v) is 10.9. The number of thioether (sulfide) groups is 1. The Bertz CT molecular complexity index is 501. The highest BCUT2D eigenvalue weighted by molar-refractivity contribution is 8.14. The third-order valence-electron chi connectivity index (χ3n) is 2.33. The molecule has 2 rings (SSSR count). The summed E-state index contributed by atoms with van der Waals surface area (Å²) in [5, 5.41) is 8.34. The van der Waals surface area contributed by atoms with Gasteiger partial charge in [-0.25, -0.2) is 5.01 Å². The molecule has 2 amide bonds. The van der Waals surface area contributed by atoms with Crippen molar-refractivity contribution in [2.75, 3.05) is 0 Å². The summed E-state index contributed by atoms with van der Waals surface area (Å²) < 4.78 is 0. The molecule has 0 saturated carbocycles. The van der Waals surface area contributed by atoms with E-state index in [-0.39, 0.29) is 17.2 Å². The van der Waals surface area contributed by atoms with Gasteiger partial charge in [0.25, 0.3) is 0 Å². The molecule has 1 aromatic rings. The molecule has 0 aromatic heterocycles. The van der Waals surface area contributed by atoms with Gasteiger partial charge in [0, 0.05) is 13.8 Å². The minimum Gasteiger partial charge on any atom is -0.304 e. The van der Waals surface area contributed by atoms with Crippen molar-refractivity contribution in [2.24, 2.45) is 5.10 Å². The van der Waals surface area contributed by atoms with Crippen LogP contribution < -0.4 is 5.32 Å². The van der Waals surface area contributed by atoms with Gasteiger partial charge in [-0.05, 0) is 5.56 Å². The van der Waals surface area contributed by atoms with Gasteiger partial charge in [-0.3, -0.25) is 9.59 Å². The maximum absolute atomic E-state index is 11.6. The number of carbonyl (C=O) groups is 2. The van der Waals surface area contributed by atoms with E-state index < -0.39 is 0 Å². The van der Waals surface area contributed by atoms with E-state index in [4.69, 9.17) is 0 Å². The summed E-state index contributed by atoms with van der Waals surface area (Å²) in [5.74, 6) is -0.352. The van der Waals surface area contributed by atoms with Gasteiger partial charge in [0.2, 0.25) is 11.8 Å². The number of benzene rings is 1. The van der Waals surface area contributed by atoms with Crippen molar-refractivity contribution < 1.29 is 9.59 Å². The smallest absolute Gasteiger partial charge is 0.241 e. The molecule has 5 nitrogen and oxygen atoms in total. The first-order valence-electron chi connectivity index (χ1n) is 5.45. The summed E-state index contributed by atoms with van der Waals surface area (Å²) in [7, 11) is 0. The van der Waals surface area contributed by atoms with E-state index in [0.29, 0.717) is 5.17 Å². The van der Waals surface area contributed by atoms with Crippen LogP contribution in [0.25, 0.3) is 0 Å². The molecule has 1 aromatic carbocycles. The molecule has 0 aliphatic carbocycles. The minimum atomic E-state index is -0.217. The number of carbonyl (C=O) groups excluding carboxylic acids is 2. The third-order valence-corrected chi connectivity index (χ3v) is 3.44. The van der Waals surface area contributed by atoms with E-state index in [1.54, 1.807) is 0 Å². The summed E-state index contributed by atoms with van der Waals surface area (Å²) in [6, 6.07) is 9.59. The molecule has 0 radical (unpaired) electrons.